The normalized spacial score (nSPS) is 12.9. The quantitative estimate of drug-likeness (QED) is 0.822. The van der Waals surface area contributed by atoms with Gasteiger partial charge >= 0.3 is 6.16 Å². The van der Waals surface area contributed by atoms with Crippen LogP contribution in [0.1, 0.15) is 18.6 Å². The zero-order valence-electron chi connectivity index (χ0n) is 9.41. The Kier molecular flexibility index (Phi) is 4.08. The van der Waals surface area contributed by atoms with Crippen molar-refractivity contribution in [2.45, 2.75) is 17.9 Å². The van der Waals surface area contributed by atoms with Crippen LogP contribution >= 0.6 is 0 Å². The number of methoxy groups -OCH3 is 1. The molecule has 0 fully saturated rings. The molecular formula is C10H13NO5S. The molecule has 0 radical (unpaired) electrons. The first-order valence-electron chi connectivity index (χ1n) is 4.72. The second-order valence-corrected chi connectivity index (χ2v) is 4.89. The summed E-state index contributed by atoms with van der Waals surface area (Å²) in [6.07, 6.45) is -1.33. The molecule has 0 spiro atoms. The SMILES string of the molecule is COC(=O)OC(C)c1ccc(S(N)(=O)=O)cc1. The fraction of sp³-hybridized carbons (Fsp3) is 0.300. The number of sulfonamides is 1. The van der Waals surface area contributed by atoms with Crippen LogP contribution in [0.4, 0.5) is 4.79 Å². The van der Waals surface area contributed by atoms with E-state index >= 15 is 0 Å². The summed E-state index contributed by atoms with van der Waals surface area (Å²) in [4.78, 5) is 10.9. The highest BCUT2D eigenvalue weighted by molar-refractivity contribution is 7.89. The Hall–Kier alpha value is -1.60. The first-order chi connectivity index (χ1) is 7.84. The van der Waals surface area contributed by atoms with Crippen molar-refractivity contribution in [3.05, 3.63) is 29.8 Å². The molecule has 1 rings (SSSR count). The summed E-state index contributed by atoms with van der Waals surface area (Å²) >= 11 is 0. The number of primary sulfonamides is 1. The van der Waals surface area contributed by atoms with Gasteiger partial charge in [-0.05, 0) is 24.6 Å². The Labute approximate surface area is 99.4 Å². The van der Waals surface area contributed by atoms with Crippen molar-refractivity contribution in [1.82, 2.24) is 0 Å². The van der Waals surface area contributed by atoms with Crippen LogP contribution in [-0.2, 0) is 19.5 Å². The van der Waals surface area contributed by atoms with E-state index in [9.17, 15) is 13.2 Å². The summed E-state index contributed by atoms with van der Waals surface area (Å²) in [5.74, 6) is 0. The molecule has 1 aromatic rings. The molecule has 0 aliphatic rings. The topological polar surface area (TPSA) is 95.7 Å². The predicted molar refractivity (Wildman–Crippen MR) is 59.7 cm³/mol. The largest absolute Gasteiger partial charge is 0.508 e. The van der Waals surface area contributed by atoms with Gasteiger partial charge in [0.15, 0.2) is 0 Å². The Morgan fingerprint density at radius 2 is 1.82 bits per heavy atom. The van der Waals surface area contributed by atoms with E-state index < -0.39 is 22.3 Å². The van der Waals surface area contributed by atoms with E-state index in [0.29, 0.717) is 5.56 Å². The van der Waals surface area contributed by atoms with Crippen LogP contribution in [0.3, 0.4) is 0 Å². The maximum atomic E-state index is 11.0. The third kappa shape index (κ3) is 3.72. The lowest BCUT2D eigenvalue weighted by Gasteiger charge is -2.12. The molecule has 0 aromatic heterocycles. The lowest BCUT2D eigenvalue weighted by atomic mass is 10.1. The van der Waals surface area contributed by atoms with Crippen LogP contribution in [0.25, 0.3) is 0 Å². The van der Waals surface area contributed by atoms with Gasteiger partial charge in [-0.2, -0.15) is 0 Å². The Morgan fingerprint density at radius 3 is 2.24 bits per heavy atom. The maximum absolute atomic E-state index is 11.0. The third-order valence-corrected chi connectivity index (χ3v) is 3.05. The number of rotatable bonds is 3. The summed E-state index contributed by atoms with van der Waals surface area (Å²) in [6, 6.07) is 5.74. The maximum Gasteiger partial charge on any atom is 0.508 e. The fourth-order valence-corrected chi connectivity index (χ4v) is 1.70. The Morgan fingerprint density at radius 1 is 1.29 bits per heavy atom. The molecule has 1 unspecified atom stereocenters. The molecule has 17 heavy (non-hydrogen) atoms. The highest BCUT2D eigenvalue weighted by Crippen LogP contribution is 2.19. The van der Waals surface area contributed by atoms with E-state index in [0.717, 1.165) is 0 Å². The van der Waals surface area contributed by atoms with Gasteiger partial charge in [-0.1, -0.05) is 12.1 Å². The zero-order chi connectivity index (χ0) is 13.1. The van der Waals surface area contributed by atoms with Crippen molar-refractivity contribution >= 4 is 16.2 Å². The zero-order valence-corrected chi connectivity index (χ0v) is 10.2. The molecule has 7 heteroatoms. The highest BCUT2D eigenvalue weighted by Gasteiger charge is 2.13. The molecule has 0 amide bonds. The molecule has 0 aliphatic carbocycles. The molecule has 0 bridgehead atoms. The van der Waals surface area contributed by atoms with E-state index in [1.807, 2.05) is 0 Å². The van der Waals surface area contributed by atoms with E-state index in [1.54, 1.807) is 6.92 Å². The summed E-state index contributed by atoms with van der Waals surface area (Å²) in [5, 5.41) is 4.95. The summed E-state index contributed by atoms with van der Waals surface area (Å²) in [6.45, 7) is 1.64. The third-order valence-electron chi connectivity index (χ3n) is 2.12. The van der Waals surface area contributed by atoms with Gasteiger partial charge in [-0.25, -0.2) is 18.4 Å². The molecule has 6 nitrogen and oxygen atoms in total. The van der Waals surface area contributed by atoms with Crippen LogP contribution in [0.2, 0.25) is 0 Å². The number of hydrogen-bond acceptors (Lipinski definition) is 5. The van der Waals surface area contributed by atoms with Gasteiger partial charge in [0.05, 0.1) is 12.0 Å². The van der Waals surface area contributed by atoms with Gasteiger partial charge in [0.25, 0.3) is 0 Å². The molecular weight excluding hydrogens is 246 g/mol. The van der Waals surface area contributed by atoms with Gasteiger partial charge in [0.2, 0.25) is 10.0 Å². The number of carbonyl (C=O) groups is 1. The van der Waals surface area contributed by atoms with Gasteiger partial charge < -0.3 is 9.47 Å². The molecule has 1 atom stereocenters. The minimum atomic E-state index is -3.71. The molecule has 0 saturated carbocycles. The average Bonchev–Trinajstić information content (AvgIpc) is 2.27. The minimum Gasteiger partial charge on any atom is -0.438 e. The first kappa shape index (κ1) is 13.5. The molecule has 2 N–H and O–H groups in total. The van der Waals surface area contributed by atoms with Gasteiger partial charge in [-0.15, -0.1) is 0 Å². The number of ether oxygens (including phenoxy) is 2. The highest BCUT2D eigenvalue weighted by atomic mass is 32.2. The van der Waals surface area contributed by atoms with E-state index in [1.165, 1.54) is 31.4 Å². The summed E-state index contributed by atoms with van der Waals surface area (Å²) in [7, 11) is -2.50. The van der Waals surface area contributed by atoms with Crippen molar-refractivity contribution in [2.75, 3.05) is 7.11 Å². The van der Waals surface area contributed by atoms with Crippen LogP contribution in [0.15, 0.2) is 29.2 Å². The molecule has 0 aliphatic heterocycles. The molecule has 94 valence electrons. The number of carbonyl (C=O) groups excluding carboxylic acids is 1. The van der Waals surface area contributed by atoms with Crippen molar-refractivity contribution in [3.63, 3.8) is 0 Å². The Balaban J connectivity index is 2.84. The van der Waals surface area contributed by atoms with Crippen LogP contribution in [-0.4, -0.2) is 21.7 Å². The number of benzene rings is 1. The van der Waals surface area contributed by atoms with E-state index in [4.69, 9.17) is 9.88 Å². The van der Waals surface area contributed by atoms with Gasteiger partial charge in [0.1, 0.15) is 6.10 Å². The second kappa shape index (κ2) is 5.15. The minimum absolute atomic E-state index is 0.00604. The summed E-state index contributed by atoms with van der Waals surface area (Å²) in [5.41, 5.74) is 0.641. The lowest BCUT2D eigenvalue weighted by Crippen LogP contribution is -2.12. The van der Waals surface area contributed by atoms with Crippen LogP contribution < -0.4 is 5.14 Å². The van der Waals surface area contributed by atoms with E-state index in [-0.39, 0.29) is 4.90 Å². The molecule has 0 saturated heterocycles. The number of hydrogen-bond donors (Lipinski definition) is 1. The van der Waals surface area contributed by atoms with Crippen LogP contribution in [0.5, 0.6) is 0 Å². The summed E-state index contributed by atoms with van der Waals surface area (Å²) < 4.78 is 31.2. The van der Waals surface area contributed by atoms with Crippen molar-refractivity contribution in [3.8, 4) is 0 Å². The van der Waals surface area contributed by atoms with Crippen molar-refractivity contribution in [1.29, 1.82) is 0 Å². The van der Waals surface area contributed by atoms with E-state index in [2.05, 4.69) is 4.74 Å². The monoisotopic (exact) mass is 259 g/mol. The van der Waals surface area contributed by atoms with Gasteiger partial charge in [0, 0.05) is 0 Å². The molecule has 1 aromatic carbocycles. The number of nitrogens with two attached hydrogens (primary N) is 1. The standard InChI is InChI=1S/C10H13NO5S/c1-7(16-10(12)15-2)8-3-5-9(6-4-8)17(11,13)14/h3-7H,1-2H3,(H2,11,13,14). The van der Waals surface area contributed by atoms with Crippen molar-refractivity contribution < 1.29 is 22.7 Å². The fourth-order valence-electron chi connectivity index (χ4n) is 1.19. The predicted octanol–water partition coefficient (Wildman–Crippen LogP) is 1.18. The average molecular weight is 259 g/mol. The lowest BCUT2D eigenvalue weighted by molar-refractivity contribution is 0.0429. The van der Waals surface area contributed by atoms with Gasteiger partial charge in [-0.3, -0.25) is 0 Å². The van der Waals surface area contributed by atoms with Crippen LogP contribution in [0, 0.1) is 0 Å². The first-order valence-corrected chi connectivity index (χ1v) is 6.26. The van der Waals surface area contributed by atoms with Crippen molar-refractivity contribution in [2.24, 2.45) is 5.14 Å². The smallest absolute Gasteiger partial charge is 0.438 e. The second-order valence-electron chi connectivity index (χ2n) is 3.33. The Bertz CT molecular complexity index is 494. The molecule has 0 heterocycles.